The zero-order valence-corrected chi connectivity index (χ0v) is 21.0. The molecular weight excluding hydrogens is 497 g/mol. The molecule has 1 fully saturated rings. The van der Waals surface area contributed by atoms with E-state index in [1.165, 1.54) is 43.3 Å². The molecule has 0 saturated heterocycles. The predicted molar refractivity (Wildman–Crippen MR) is 143 cm³/mol. The van der Waals surface area contributed by atoms with Crippen molar-refractivity contribution < 1.29 is 9.13 Å². The molecule has 0 bridgehead atoms. The van der Waals surface area contributed by atoms with Gasteiger partial charge in [-0.2, -0.15) is 0 Å². The number of nitrogens with zero attached hydrogens (tertiary/aromatic N) is 3. The Kier molecular flexibility index (Phi) is 7.83. The van der Waals surface area contributed by atoms with Gasteiger partial charge in [0, 0.05) is 41.7 Å². The molecule has 9 heteroatoms. The monoisotopic (exact) mass is 521 g/mol. The van der Waals surface area contributed by atoms with Crippen molar-refractivity contribution in [3.8, 4) is 22.8 Å². The average molecular weight is 522 g/mol. The SMILES string of the molecule is Fc1cc(NSc2ccccc2)c(Cl)cc1Oc1ccncc1-c1ccnc(NC2CCCCC2)n1. The van der Waals surface area contributed by atoms with E-state index >= 15 is 4.39 Å². The van der Waals surface area contributed by atoms with E-state index in [1.807, 2.05) is 30.3 Å². The molecule has 5 rings (SSSR count). The van der Waals surface area contributed by atoms with E-state index in [0.29, 0.717) is 39.7 Å². The van der Waals surface area contributed by atoms with Crippen LogP contribution >= 0.6 is 23.5 Å². The van der Waals surface area contributed by atoms with Crippen molar-refractivity contribution >= 4 is 35.2 Å². The lowest BCUT2D eigenvalue weighted by Crippen LogP contribution is -2.23. The van der Waals surface area contributed by atoms with Crippen LogP contribution in [0.3, 0.4) is 0 Å². The Hall–Kier alpha value is -3.36. The highest BCUT2D eigenvalue weighted by atomic mass is 35.5. The molecule has 1 saturated carbocycles. The van der Waals surface area contributed by atoms with Crippen molar-refractivity contribution in [3.63, 3.8) is 0 Å². The molecule has 184 valence electrons. The quantitative estimate of drug-likeness (QED) is 0.228. The van der Waals surface area contributed by atoms with Gasteiger partial charge in [0.25, 0.3) is 0 Å². The maximum absolute atomic E-state index is 15.0. The van der Waals surface area contributed by atoms with Gasteiger partial charge < -0.3 is 14.8 Å². The molecular formula is C27H25ClFN5OS. The summed E-state index contributed by atoms with van der Waals surface area (Å²) in [7, 11) is 0. The highest BCUT2D eigenvalue weighted by Gasteiger charge is 2.17. The first-order valence-corrected chi connectivity index (χ1v) is 13.0. The maximum atomic E-state index is 15.0. The van der Waals surface area contributed by atoms with Gasteiger partial charge >= 0.3 is 0 Å². The second kappa shape index (κ2) is 11.6. The van der Waals surface area contributed by atoms with E-state index in [1.54, 1.807) is 30.7 Å². The van der Waals surface area contributed by atoms with E-state index in [0.717, 1.165) is 17.7 Å². The van der Waals surface area contributed by atoms with Gasteiger partial charge in [0.05, 0.1) is 22.0 Å². The predicted octanol–water partition coefficient (Wildman–Crippen LogP) is 7.99. The normalized spacial score (nSPS) is 13.8. The molecule has 2 N–H and O–H groups in total. The molecule has 1 aliphatic rings. The van der Waals surface area contributed by atoms with Gasteiger partial charge in [-0.25, -0.2) is 14.4 Å². The Morgan fingerprint density at radius 3 is 2.64 bits per heavy atom. The Morgan fingerprint density at radius 1 is 0.972 bits per heavy atom. The molecule has 0 aliphatic heterocycles. The molecule has 6 nitrogen and oxygen atoms in total. The molecule has 4 aromatic rings. The largest absolute Gasteiger partial charge is 0.453 e. The zero-order valence-electron chi connectivity index (χ0n) is 19.5. The summed E-state index contributed by atoms with van der Waals surface area (Å²) in [5, 5.41) is 3.78. The number of ether oxygens (including phenoxy) is 1. The second-order valence-corrected chi connectivity index (χ2v) is 9.79. The standard InChI is InChI=1S/C27H25ClFN5OS/c28-21-15-26(22(29)16-24(21)34-36-19-9-5-2-6-10-19)35-25-12-13-30-17-20(25)23-11-14-31-27(33-23)32-18-7-3-1-4-8-18/h2,5-6,9-18,34H,1,3-4,7-8H2,(H,31,32,33). The van der Waals surface area contributed by atoms with Crippen molar-refractivity contribution in [1.82, 2.24) is 15.0 Å². The number of pyridine rings is 1. The summed E-state index contributed by atoms with van der Waals surface area (Å²) in [5.41, 5.74) is 1.72. The number of anilines is 2. The van der Waals surface area contributed by atoms with Crippen LogP contribution in [0.25, 0.3) is 11.3 Å². The van der Waals surface area contributed by atoms with Gasteiger partial charge in [0.15, 0.2) is 11.6 Å². The number of aromatic nitrogens is 3. The fourth-order valence-corrected chi connectivity index (χ4v) is 5.02. The van der Waals surface area contributed by atoms with Crippen molar-refractivity contribution in [2.75, 3.05) is 10.0 Å². The molecule has 0 amide bonds. The van der Waals surface area contributed by atoms with Gasteiger partial charge in [-0.15, -0.1) is 0 Å². The van der Waals surface area contributed by atoms with Gasteiger partial charge in [-0.3, -0.25) is 4.98 Å². The van der Waals surface area contributed by atoms with Crippen LogP contribution in [-0.2, 0) is 0 Å². The molecule has 2 heterocycles. The highest BCUT2D eigenvalue weighted by molar-refractivity contribution is 8.00. The summed E-state index contributed by atoms with van der Waals surface area (Å²) < 4.78 is 24.1. The first-order chi connectivity index (χ1) is 17.7. The number of hydrogen-bond donors (Lipinski definition) is 2. The minimum absolute atomic E-state index is 0.0114. The third kappa shape index (κ3) is 6.06. The van der Waals surface area contributed by atoms with E-state index in [4.69, 9.17) is 16.3 Å². The van der Waals surface area contributed by atoms with Crippen molar-refractivity contribution in [1.29, 1.82) is 0 Å². The average Bonchev–Trinajstić information content (AvgIpc) is 2.91. The van der Waals surface area contributed by atoms with Crippen LogP contribution < -0.4 is 14.8 Å². The Morgan fingerprint density at radius 2 is 1.81 bits per heavy atom. The third-order valence-corrected chi connectivity index (χ3v) is 7.06. The van der Waals surface area contributed by atoms with Crippen molar-refractivity contribution in [3.05, 3.63) is 84.0 Å². The topological polar surface area (TPSA) is 72.0 Å². The Bertz CT molecular complexity index is 1320. The fraction of sp³-hybridized carbons (Fsp3) is 0.222. The van der Waals surface area contributed by atoms with Crippen LogP contribution in [0.1, 0.15) is 32.1 Å². The number of nitrogens with one attached hydrogen (secondary N) is 2. The summed E-state index contributed by atoms with van der Waals surface area (Å²) in [5.74, 6) is 0.453. The number of rotatable bonds is 8. The number of halogens is 2. The van der Waals surface area contributed by atoms with Gasteiger partial charge in [0.1, 0.15) is 5.75 Å². The molecule has 0 unspecified atom stereocenters. The molecule has 0 radical (unpaired) electrons. The number of hydrogen-bond acceptors (Lipinski definition) is 7. The van der Waals surface area contributed by atoms with Crippen LogP contribution in [0.5, 0.6) is 11.5 Å². The molecule has 2 aromatic carbocycles. The lowest BCUT2D eigenvalue weighted by molar-refractivity contribution is 0.443. The molecule has 1 aliphatic carbocycles. The summed E-state index contributed by atoms with van der Waals surface area (Å²) in [6.07, 6.45) is 10.9. The van der Waals surface area contributed by atoms with E-state index in [-0.39, 0.29) is 5.75 Å². The van der Waals surface area contributed by atoms with Crippen LogP contribution in [0, 0.1) is 5.82 Å². The minimum Gasteiger partial charge on any atom is -0.453 e. The van der Waals surface area contributed by atoms with Gasteiger partial charge in [-0.1, -0.05) is 49.1 Å². The van der Waals surface area contributed by atoms with Crippen LogP contribution in [0.2, 0.25) is 5.02 Å². The summed E-state index contributed by atoms with van der Waals surface area (Å²) in [4.78, 5) is 14.3. The molecule has 2 aromatic heterocycles. The van der Waals surface area contributed by atoms with E-state index < -0.39 is 5.82 Å². The molecule has 0 spiro atoms. The Balaban J connectivity index is 1.34. The zero-order chi connectivity index (χ0) is 24.7. The van der Waals surface area contributed by atoms with Crippen LogP contribution in [-0.4, -0.2) is 21.0 Å². The van der Waals surface area contributed by atoms with E-state index in [9.17, 15) is 0 Å². The lowest BCUT2D eigenvalue weighted by atomic mass is 9.96. The maximum Gasteiger partial charge on any atom is 0.223 e. The lowest BCUT2D eigenvalue weighted by Gasteiger charge is -2.22. The number of benzene rings is 2. The summed E-state index contributed by atoms with van der Waals surface area (Å²) >= 11 is 7.79. The van der Waals surface area contributed by atoms with E-state index in [2.05, 4.69) is 25.0 Å². The van der Waals surface area contributed by atoms with Crippen molar-refractivity contribution in [2.45, 2.75) is 43.0 Å². The highest BCUT2D eigenvalue weighted by Crippen LogP contribution is 2.37. The third-order valence-electron chi connectivity index (χ3n) is 5.91. The minimum atomic E-state index is -0.541. The fourth-order valence-electron chi connectivity index (χ4n) is 4.08. The van der Waals surface area contributed by atoms with Gasteiger partial charge in [-0.05, 0) is 49.1 Å². The second-order valence-electron chi connectivity index (χ2n) is 8.50. The first kappa shape index (κ1) is 24.3. The Labute approximate surface area is 218 Å². The summed E-state index contributed by atoms with van der Waals surface area (Å²) in [6.45, 7) is 0. The van der Waals surface area contributed by atoms with Crippen LogP contribution in [0.15, 0.2) is 78.1 Å². The van der Waals surface area contributed by atoms with Gasteiger partial charge in [0.2, 0.25) is 5.95 Å². The van der Waals surface area contributed by atoms with Crippen molar-refractivity contribution in [2.24, 2.45) is 0 Å². The molecule has 0 atom stereocenters. The summed E-state index contributed by atoms with van der Waals surface area (Å²) in [6, 6.07) is 16.3. The van der Waals surface area contributed by atoms with Crippen LogP contribution in [0.4, 0.5) is 16.0 Å². The first-order valence-electron chi connectivity index (χ1n) is 11.8. The molecule has 36 heavy (non-hydrogen) atoms. The smallest absolute Gasteiger partial charge is 0.223 e.